The maximum Gasteiger partial charge on any atom is 0.0360 e. The molecule has 1 aromatic rings. The van der Waals surface area contributed by atoms with Crippen LogP contribution in [0, 0.1) is 5.92 Å². The van der Waals surface area contributed by atoms with Crippen LogP contribution in [-0.2, 0) is 0 Å². The van der Waals surface area contributed by atoms with Crippen LogP contribution in [-0.4, -0.2) is 31.1 Å². The van der Waals surface area contributed by atoms with Gasteiger partial charge in [-0.05, 0) is 42.5 Å². The van der Waals surface area contributed by atoms with Gasteiger partial charge in [0.1, 0.15) is 0 Å². The predicted molar refractivity (Wildman–Crippen MR) is 108 cm³/mol. The molecule has 1 fully saturated rings. The zero-order valence-electron chi connectivity index (χ0n) is 13.1. The van der Waals surface area contributed by atoms with Crippen molar-refractivity contribution in [2.45, 2.75) is 32.7 Å². The number of benzene rings is 1. The van der Waals surface area contributed by atoms with Crippen LogP contribution in [0.2, 0.25) is 0 Å². The fourth-order valence-electron chi connectivity index (χ4n) is 2.79. The Morgan fingerprint density at radius 1 is 1.09 bits per heavy atom. The molecule has 1 saturated heterocycles. The normalized spacial score (nSPS) is 16.8. The zero-order chi connectivity index (χ0) is 14.5. The second-order valence-electron chi connectivity index (χ2n) is 5.94. The highest BCUT2D eigenvalue weighted by Crippen LogP contribution is 2.34. The summed E-state index contributed by atoms with van der Waals surface area (Å²) in [6.07, 6.45) is 2.50. The van der Waals surface area contributed by atoms with Crippen molar-refractivity contribution in [3.63, 3.8) is 0 Å². The van der Waals surface area contributed by atoms with E-state index in [4.69, 9.17) is 0 Å². The first kappa shape index (κ1) is 22.7. The lowest BCUT2D eigenvalue weighted by Gasteiger charge is -2.36. The maximum atomic E-state index is 3.74. The number of hydrogen-bond acceptors (Lipinski definition) is 2. The molecular formula is C16H26Br2Cl2N2. The van der Waals surface area contributed by atoms with Crippen LogP contribution in [0.3, 0.4) is 0 Å². The Labute approximate surface area is 163 Å². The molecule has 2 nitrogen and oxygen atoms in total. The number of nitrogens with one attached hydrogen (secondary N) is 1. The molecule has 128 valence electrons. The molecule has 0 bridgehead atoms. The van der Waals surface area contributed by atoms with E-state index in [1.165, 1.54) is 27.4 Å². The quantitative estimate of drug-likeness (QED) is 0.608. The van der Waals surface area contributed by atoms with Crippen LogP contribution in [0.1, 0.15) is 38.3 Å². The first-order chi connectivity index (χ1) is 9.58. The SMILES string of the molecule is CC(C)CC[C@@H](c1cc(Br)ccc1Br)N1CCNCC1.Cl.Cl. The van der Waals surface area contributed by atoms with E-state index in [1.807, 2.05) is 0 Å². The highest BCUT2D eigenvalue weighted by molar-refractivity contribution is 9.11. The molecule has 1 heterocycles. The van der Waals surface area contributed by atoms with E-state index < -0.39 is 0 Å². The van der Waals surface area contributed by atoms with Gasteiger partial charge >= 0.3 is 0 Å². The minimum atomic E-state index is 0. The largest absolute Gasteiger partial charge is 0.314 e. The molecule has 22 heavy (non-hydrogen) atoms. The van der Waals surface area contributed by atoms with E-state index in [2.05, 4.69) is 74.1 Å². The fourth-order valence-corrected chi connectivity index (χ4v) is 3.68. The first-order valence-corrected chi connectivity index (χ1v) is 9.06. The number of piperazine rings is 1. The molecule has 0 aliphatic carbocycles. The summed E-state index contributed by atoms with van der Waals surface area (Å²) in [4.78, 5) is 2.63. The van der Waals surface area contributed by atoms with Crippen molar-refractivity contribution in [1.29, 1.82) is 0 Å². The lowest BCUT2D eigenvalue weighted by Crippen LogP contribution is -2.45. The summed E-state index contributed by atoms with van der Waals surface area (Å²) < 4.78 is 2.40. The number of rotatable bonds is 5. The van der Waals surface area contributed by atoms with E-state index in [0.29, 0.717) is 6.04 Å². The van der Waals surface area contributed by atoms with Crippen molar-refractivity contribution < 1.29 is 0 Å². The van der Waals surface area contributed by atoms with Gasteiger partial charge in [-0.1, -0.05) is 45.7 Å². The van der Waals surface area contributed by atoms with Crippen LogP contribution < -0.4 is 5.32 Å². The second kappa shape index (κ2) is 11.3. The lowest BCUT2D eigenvalue weighted by molar-refractivity contribution is 0.159. The summed E-state index contributed by atoms with van der Waals surface area (Å²) in [5.41, 5.74) is 1.42. The van der Waals surface area contributed by atoms with Gasteiger partial charge in [0.25, 0.3) is 0 Å². The molecule has 0 radical (unpaired) electrons. The highest BCUT2D eigenvalue weighted by atomic mass is 79.9. The molecule has 0 amide bonds. The molecule has 0 saturated carbocycles. The van der Waals surface area contributed by atoms with Crippen molar-refractivity contribution in [1.82, 2.24) is 10.2 Å². The third-order valence-electron chi connectivity index (χ3n) is 3.93. The topological polar surface area (TPSA) is 15.3 Å². The van der Waals surface area contributed by atoms with Gasteiger partial charge in [-0.2, -0.15) is 0 Å². The fraction of sp³-hybridized carbons (Fsp3) is 0.625. The Morgan fingerprint density at radius 3 is 2.32 bits per heavy atom. The summed E-state index contributed by atoms with van der Waals surface area (Å²) in [5.74, 6) is 0.756. The van der Waals surface area contributed by atoms with Gasteiger partial charge in [-0.3, -0.25) is 4.90 Å². The Bertz CT molecular complexity index is 438. The zero-order valence-corrected chi connectivity index (χ0v) is 18.0. The van der Waals surface area contributed by atoms with Crippen LogP contribution in [0.15, 0.2) is 27.1 Å². The van der Waals surface area contributed by atoms with Crippen molar-refractivity contribution >= 4 is 56.7 Å². The molecule has 0 unspecified atom stereocenters. The minimum absolute atomic E-state index is 0. The molecule has 1 N–H and O–H groups in total. The van der Waals surface area contributed by atoms with Crippen LogP contribution in [0.25, 0.3) is 0 Å². The monoisotopic (exact) mass is 474 g/mol. The van der Waals surface area contributed by atoms with Gasteiger partial charge in [-0.15, -0.1) is 24.8 Å². The molecule has 0 aromatic heterocycles. The molecule has 1 aromatic carbocycles. The standard InChI is InChI=1S/C16H24Br2N2.2ClH/c1-12(2)3-6-16(20-9-7-19-8-10-20)14-11-13(17)4-5-15(14)18;;/h4-5,11-12,16,19H,3,6-10H2,1-2H3;2*1H/t16-;;/m0../s1. The minimum Gasteiger partial charge on any atom is -0.314 e. The summed E-state index contributed by atoms with van der Waals surface area (Å²) in [7, 11) is 0. The summed E-state index contributed by atoms with van der Waals surface area (Å²) in [6, 6.07) is 7.05. The third kappa shape index (κ3) is 6.66. The Morgan fingerprint density at radius 2 is 1.73 bits per heavy atom. The van der Waals surface area contributed by atoms with Crippen LogP contribution in [0.4, 0.5) is 0 Å². The van der Waals surface area contributed by atoms with E-state index in [9.17, 15) is 0 Å². The number of hydrogen-bond donors (Lipinski definition) is 1. The Balaban J connectivity index is 0.00000220. The average molecular weight is 477 g/mol. The van der Waals surface area contributed by atoms with Gasteiger partial charge in [-0.25, -0.2) is 0 Å². The maximum absolute atomic E-state index is 3.74. The van der Waals surface area contributed by atoms with Gasteiger partial charge in [0, 0.05) is 41.2 Å². The van der Waals surface area contributed by atoms with Crippen LogP contribution in [0.5, 0.6) is 0 Å². The van der Waals surface area contributed by atoms with Crippen molar-refractivity contribution in [2.24, 2.45) is 5.92 Å². The van der Waals surface area contributed by atoms with Gasteiger partial charge in [0.15, 0.2) is 0 Å². The van der Waals surface area contributed by atoms with E-state index in [-0.39, 0.29) is 24.8 Å². The lowest BCUT2D eigenvalue weighted by atomic mass is 9.96. The van der Waals surface area contributed by atoms with E-state index >= 15 is 0 Å². The molecule has 6 heteroatoms. The molecular weight excluding hydrogens is 451 g/mol. The van der Waals surface area contributed by atoms with E-state index in [0.717, 1.165) is 32.1 Å². The summed E-state index contributed by atoms with van der Waals surface area (Å²) >= 11 is 7.36. The smallest absolute Gasteiger partial charge is 0.0360 e. The average Bonchev–Trinajstić information content (AvgIpc) is 2.43. The van der Waals surface area contributed by atoms with Crippen molar-refractivity contribution in [2.75, 3.05) is 26.2 Å². The number of halogens is 4. The Hall–Kier alpha value is 0.680. The Kier molecular flexibility index (Phi) is 11.6. The van der Waals surface area contributed by atoms with E-state index in [1.54, 1.807) is 0 Å². The predicted octanol–water partition coefficient (Wildman–Crippen LogP) is 5.44. The molecule has 2 rings (SSSR count). The highest BCUT2D eigenvalue weighted by Gasteiger charge is 2.24. The summed E-state index contributed by atoms with van der Waals surface area (Å²) in [5, 5.41) is 3.45. The van der Waals surface area contributed by atoms with Gasteiger partial charge in [0.2, 0.25) is 0 Å². The van der Waals surface area contributed by atoms with Crippen molar-refractivity contribution in [3.8, 4) is 0 Å². The second-order valence-corrected chi connectivity index (χ2v) is 7.71. The number of nitrogens with zero attached hydrogens (tertiary/aromatic N) is 1. The molecule has 1 aliphatic heterocycles. The molecule has 0 spiro atoms. The van der Waals surface area contributed by atoms with Crippen molar-refractivity contribution in [3.05, 3.63) is 32.7 Å². The summed E-state index contributed by atoms with van der Waals surface area (Å²) in [6.45, 7) is 9.10. The van der Waals surface area contributed by atoms with Gasteiger partial charge in [0.05, 0.1) is 0 Å². The van der Waals surface area contributed by atoms with Crippen LogP contribution >= 0.6 is 56.7 Å². The third-order valence-corrected chi connectivity index (χ3v) is 5.14. The first-order valence-electron chi connectivity index (χ1n) is 7.47. The molecule has 1 atom stereocenters. The van der Waals surface area contributed by atoms with Gasteiger partial charge < -0.3 is 5.32 Å². The molecule has 1 aliphatic rings.